The molecule has 0 aliphatic rings. The monoisotopic (exact) mass is 264 g/mol. The Morgan fingerprint density at radius 2 is 2.00 bits per heavy atom. The molecular formula is C11H9ClN4O2. The second-order valence-corrected chi connectivity index (χ2v) is 3.80. The van der Waals surface area contributed by atoms with Gasteiger partial charge in [-0.05, 0) is 24.3 Å². The van der Waals surface area contributed by atoms with Crippen molar-refractivity contribution in [3.63, 3.8) is 0 Å². The van der Waals surface area contributed by atoms with E-state index in [-0.39, 0.29) is 11.7 Å². The van der Waals surface area contributed by atoms with Crippen LogP contribution in [0, 0.1) is 0 Å². The molecule has 0 atom stereocenters. The number of hydrogen-bond donors (Lipinski definition) is 3. The van der Waals surface area contributed by atoms with Gasteiger partial charge >= 0.3 is 6.03 Å². The van der Waals surface area contributed by atoms with Gasteiger partial charge in [0.05, 0.1) is 0 Å². The standard InChI is InChI=1S/C11H9ClN4O2/c12-7-2-1-3-8(6-7)13-11(18)14-9-4-5-10(17)16-15-9/h1-6H,(H,16,17)(H2,13,14,15,18). The van der Waals surface area contributed by atoms with Crippen LogP contribution >= 0.6 is 11.6 Å². The molecule has 7 heteroatoms. The summed E-state index contributed by atoms with van der Waals surface area (Å²) >= 11 is 5.78. The third-order valence-corrected chi connectivity index (χ3v) is 2.21. The molecule has 0 bridgehead atoms. The summed E-state index contributed by atoms with van der Waals surface area (Å²) < 4.78 is 0. The zero-order chi connectivity index (χ0) is 13.0. The first-order chi connectivity index (χ1) is 8.63. The number of carbonyl (C=O) groups is 1. The molecule has 0 saturated carbocycles. The average Bonchev–Trinajstić information content (AvgIpc) is 2.32. The molecule has 0 unspecified atom stereocenters. The lowest BCUT2D eigenvalue weighted by molar-refractivity contribution is 0.262. The molecule has 0 aliphatic heterocycles. The van der Waals surface area contributed by atoms with E-state index in [1.165, 1.54) is 12.1 Å². The van der Waals surface area contributed by atoms with Crippen LogP contribution in [0.3, 0.4) is 0 Å². The Morgan fingerprint density at radius 1 is 1.17 bits per heavy atom. The number of rotatable bonds is 2. The fourth-order valence-electron chi connectivity index (χ4n) is 1.24. The maximum atomic E-state index is 11.6. The highest BCUT2D eigenvalue weighted by atomic mass is 35.5. The number of aromatic hydroxyl groups is 1. The predicted molar refractivity (Wildman–Crippen MR) is 67.8 cm³/mol. The molecule has 6 nitrogen and oxygen atoms in total. The number of anilines is 2. The highest BCUT2D eigenvalue weighted by Gasteiger charge is 2.04. The third-order valence-electron chi connectivity index (χ3n) is 1.97. The number of nitrogens with one attached hydrogen (secondary N) is 2. The molecule has 0 aliphatic carbocycles. The number of hydrogen-bond acceptors (Lipinski definition) is 4. The summed E-state index contributed by atoms with van der Waals surface area (Å²) in [5.74, 6) is 0.0168. The number of amides is 2. The lowest BCUT2D eigenvalue weighted by Gasteiger charge is -2.06. The first-order valence-electron chi connectivity index (χ1n) is 5.00. The topological polar surface area (TPSA) is 87.1 Å². The first-order valence-corrected chi connectivity index (χ1v) is 5.37. The van der Waals surface area contributed by atoms with Crippen LogP contribution in [0.5, 0.6) is 5.88 Å². The Kier molecular flexibility index (Phi) is 3.59. The van der Waals surface area contributed by atoms with Gasteiger partial charge in [-0.2, -0.15) is 0 Å². The summed E-state index contributed by atoms with van der Waals surface area (Å²) in [5.41, 5.74) is 0.562. The molecule has 0 radical (unpaired) electrons. The minimum Gasteiger partial charge on any atom is -0.492 e. The van der Waals surface area contributed by atoms with E-state index in [4.69, 9.17) is 16.7 Å². The van der Waals surface area contributed by atoms with Gasteiger partial charge < -0.3 is 10.4 Å². The second-order valence-electron chi connectivity index (χ2n) is 3.37. The molecule has 3 N–H and O–H groups in total. The Bertz CT molecular complexity index is 559. The van der Waals surface area contributed by atoms with Gasteiger partial charge in [-0.3, -0.25) is 5.32 Å². The Morgan fingerprint density at radius 3 is 2.67 bits per heavy atom. The quantitative estimate of drug-likeness (QED) is 0.778. The molecule has 2 aromatic rings. The van der Waals surface area contributed by atoms with Gasteiger partial charge in [0.25, 0.3) is 0 Å². The minimum atomic E-state index is -0.475. The lowest BCUT2D eigenvalue weighted by Crippen LogP contribution is -2.20. The van der Waals surface area contributed by atoms with Crippen molar-refractivity contribution in [3.8, 4) is 5.88 Å². The fraction of sp³-hybridized carbons (Fsp3) is 0. The van der Waals surface area contributed by atoms with Gasteiger partial charge in [0, 0.05) is 16.8 Å². The van der Waals surface area contributed by atoms with E-state index in [1.807, 2.05) is 0 Å². The van der Waals surface area contributed by atoms with Crippen molar-refractivity contribution in [1.82, 2.24) is 10.2 Å². The molecule has 0 saturated heterocycles. The van der Waals surface area contributed by atoms with Crippen LogP contribution in [0.25, 0.3) is 0 Å². The van der Waals surface area contributed by atoms with Crippen LogP contribution in [0.2, 0.25) is 5.02 Å². The van der Waals surface area contributed by atoms with Crippen molar-refractivity contribution in [2.45, 2.75) is 0 Å². The van der Waals surface area contributed by atoms with Crippen LogP contribution in [0.1, 0.15) is 0 Å². The Balaban J connectivity index is 1.98. The Hall–Kier alpha value is -2.34. The lowest BCUT2D eigenvalue weighted by atomic mass is 10.3. The van der Waals surface area contributed by atoms with Gasteiger partial charge in [0.1, 0.15) is 0 Å². The number of aromatic nitrogens is 2. The molecule has 1 heterocycles. The number of carbonyl (C=O) groups excluding carboxylic acids is 1. The van der Waals surface area contributed by atoms with Crippen molar-refractivity contribution in [2.75, 3.05) is 10.6 Å². The van der Waals surface area contributed by atoms with Gasteiger partial charge in [-0.1, -0.05) is 17.7 Å². The van der Waals surface area contributed by atoms with E-state index in [2.05, 4.69) is 20.8 Å². The van der Waals surface area contributed by atoms with Crippen molar-refractivity contribution in [2.24, 2.45) is 0 Å². The Labute approximate surface area is 108 Å². The highest BCUT2D eigenvalue weighted by molar-refractivity contribution is 6.30. The molecule has 2 amide bonds. The van der Waals surface area contributed by atoms with Gasteiger partial charge in [0.15, 0.2) is 5.82 Å². The summed E-state index contributed by atoms with van der Waals surface area (Å²) in [6.07, 6.45) is 0. The van der Waals surface area contributed by atoms with Gasteiger partial charge in [0.2, 0.25) is 5.88 Å². The largest absolute Gasteiger partial charge is 0.492 e. The maximum absolute atomic E-state index is 11.6. The summed E-state index contributed by atoms with van der Waals surface area (Å²) in [4.78, 5) is 11.6. The number of nitrogens with zero attached hydrogens (tertiary/aromatic N) is 2. The fourth-order valence-corrected chi connectivity index (χ4v) is 1.43. The van der Waals surface area contributed by atoms with E-state index >= 15 is 0 Å². The maximum Gasteiger partial charge on any atom is 0.324 e. The molecule has 0 spiro atoms. The van der Waals surface area contributed by atoms with E-state index in [0.717, 1.165) is 0 Å². The second kappa shape index (κ2) is 5.33. The summed E-state index contributed by atoms with van der Waals surface area (Å²) in [6.45, 7) is 0. The number of urea groups is 1. The first kappa shape index (κ1) is 12.1. The van der Waals surface area contributed by atoms with E-state index < -0.39 is 6.03 Å². The molecule has 2 rings (SSSR count). The average molecular weight is 265 g/mol. The van der Waals surface area contributed by atoms with E-state index in [1.54, 1.807) is 24.3 Å². The molecule has 1 aromatic carbocycles. The third kappa shape index (κ3) is 3.33. The molecule has 0 fully saturated rings. The van der Waals surface area contributed by atoms with Crippen LogP contribution < -0.4 is 10.6 Å². The van der Waals surface area contributed by atoms with Gasteiger partial charge in [-0.25, -0.2) is 4.79 Å². The zero-order valence-electron chi connectivity index (χ0n) is 9.09. The predicted octanol–water partition coefficient (Wildman–Crippen LogP) is 2.48. The van der Waals surface area contributed by atoms with Crippen LogP contribution in [-0.4, -0.2) is 21.3 Å². The molecule has 18 heavy (non-hydrogen) atoms. The SMILES string of the molecule is O=C(Nc1cccc(Cl)c1)Nc1ccc(O)nn1. The number of halogens is 1. The molecule has 92 valence electrons. The van der Waals surface area contributed by atoms with Crippen molar-refractivity contribution < 1.29 is 9.90 Å². The van der Waals surface area contributed by atoms with Crippen LogP contribution in [0.4, 0.5) is 16.3 Å². The van der Waals surface area contributed by atoms with E-state index in [0.29, 0.717) is 10.7 Å². The van der Waals surface area contributed by atoms with Crippen molar-refractivity contribution in [3.05, 3.63) is 41.4 Å². The van der Waals surface area contributed by atoms with Crippen LogP contribution in [0.15, 0.2) is 36.4 Å². The zero-order valence-corrected chi connectivity index (χ0v) is 9.85. The van der Waals surface area contributed by atoms with Crippen LogP contribution in [-0.2, 0) is 0 Å². The number of benzene rings is 1. The molecular weight excluding hydrogens is 256 g/mol. The van der Waals surface area contributed by atoms with E-state index in [9.17, 15) is 4.79 Å². The minimum absolute atomic E-state index is 0.212. The normalized spacial score (nSPS) is 9.83. The van der Waals surface area contributed by atoms with Crippen molar-refractivity contribution >= 4 is 29.1 Å². The summed E-state index contributed by atoms with van der Waals surface area (Å²) in [5, 5.41) is 21.5. The van der Waals surface area contributed by atoms with Gasteiger partial charge in [-0.15, -0.1) is 10.2 Å². The smallest absolute Gasteiger partial charge is 0.324 e. The summed E-state index contributed by atoms with van der Waals surface area (Å²) in [6, 6.07) is 9.02. The highest BCUT2D eigenvalue weighted by Crippen LogP contribution is 2.15. The molecule has 1 aromatic heterocycles. The van der Waals surface area contributed by atoms with Crippen molar-refractivity contribution in [1.29, 1.82) is 0 Å². The summed E-state index contributed by atoms with van der Waals surface area (Å²) in [7, 11) is 0.